The fourth-order valence-corrected chi connectivity index (χ4v) is 4.00. The fraction of sp³-hybridized carbons (Fsp3) is 0.481. The number of hydrogen-bond acceptors (Lipinski definition) is 3. The van der Waals surface area contributed by atoms with E-state index >= 15 is 0 Å². The smallest absolute Gasteiger partial charge is 0.321 e. The zero-order chi connectivity index (χ0) is 24.7. The number of nitrogens with zero attached hydrogens (tertiary/aromatic N) is 3. The summed E-state index contributed by atoms with van der Waals surface area (Å²) in [5.41, 5.74) is 2.46. The first-order chi connectivity index (χ1) is 16.2. The first-order valence-electron chi connectivity index (χ1n) is 12.1. The molecule has 184 valence electrons. The van der Waals surface area contributed by atoms with Gasteiger partial charge in [0, 0.05) is 56.9 Å². The first-order valence-corrected chi connectivity index (χ1v) is 12.1. The molecular formula is C27H37FN4O2. The Hall–Kier alpha value is -2.93. The van der Waals surface area contributed by atoms with E-state index in [1.165, 1.54) is 17.7 Å². The van der Waals surface area contributed by atoms with Crippen molar-refractivity contribution in [2.75, 3.05) is 44.6 Å². The van der Waals surface area contributed by atoms with E-state index in [0.29, 0.717) is 26.2 Å². The number of benzene rings is 2. The Kier molecular flexibility index (Phi) is 8.67. The van der Waals surface area contributed by atoms with Crippen molar-refractivity contribution in [3.63, 3.8) is 0 Å². The Morgan fingerprint density at radius 1 is 0.941 bits per heavy atom. The molecule has 3 rings (SSSR count). The van der Waals surface area contributed by atoms with E-state index in [1.54, 1.807) is 12.1 Å². The second-order valence-electron chi connectivity index (χ2n) is 9.91. The normalized spacial score (nSPS) is 14.7. The molecule has 1 aliphatic rings. The van der Waals surface area contributed by atoms with Gasteiger partial charge in [-0.05, 0) is 41.8 Å². The maximum atomic E-state index is 13.3. The van der Waals surface area contributed by atoms with E-state index in [4.69, 9.17) is 0 Å². The van der Waals surface area contributed by atoms with Crippen LogP contribution in [0.3, 0.4) is 0 Å². The summed E-state index contributed by atoms with van der Waals surface area (Å²) < 4.78 is 13.3. The van der Waals surface area contributed by atoms with Crippen LogP contribution in [0.5, 0.6) is 0 Å². The number of hydrogen-bond donors (Lipinski definition) is 1. The molecule has 7 heteroatoms. The largest absolute Gasteiger partial charge is 0.337 e. The van der Waals surface area contributed by atoms with Crippen LogP contribution in [0.15, 0.2) is 48.5 Å². The molecule has 0 bridgehead atoms. The third-order valence-electron chi connectivity index (χ3n) is 6.17. The molecule has 0 atom stereocenters. The van der Waals surface area contributed by atoms with Crippen LogP contribution in [-0.2, 0) is 17.8 Å². The molecule has 0 spiro atoms. The predicted molar refractivity (Wildman–Crippen MR) is 134 cm³/mol. The van der Waals surface area contributed by atoms with Gasteiger partial charge in [0.05, 0.1) is 0 Å². The highest BCUT2D eigenvalue weighted by molar-refractivity contribution is 5.89. The van der Waals surface area contributed by atoms with Gasteiger partial charge in [0.1, 0.15) is 5.82 Å². The highest BCUT2D eigenvalue weighted by atomic mass is 19.1. The molecule has 2 aromatic rings. The van der Waals surface area contributed by atoms with Crippen LogP contribution >= 0.6 is 0 Å². The molecule has 6 nitrogen and oxygen atoms in total. The van der Waals surface area contributed by atoms with Crippen molar-refractivity contribution in [2.45, 2.75) is 40.7 Å². The van der Waals surface area contributed by atoms with E-state index in [-0.39, 0.29) is 17.8 Å². The van der Waals surface area contributed by atoms with Crippen LogP contribution in [0.1, 0.15) is 38.8 Å². The molecule has 0 radical (unpaired) electrons. The molecule has 1 heterocycles. The first kappa shape index (κ1) is 25.7. The summed E-state index contributed by atoms with van der Waals surface area (Å²) >= 11 is 0. The number of carbonyl (C=O) groups is 2. The van der Waals surface area contributed by atoms with Gasteiger partial charge in [0.25, 0.3) is 0 Å². The number of urea groups is 1. The number of carbonyl (C=O) groups excluding carboxylic acids is 2. The van der Waals surface area contributed by atoms with E-state index in [0.717, 1.165) is 37.3 Å². The molecule has 0 saturated carbocycles. The summed E-state index contributed by atoms with van der Waals surface area (Å²) in [6, 6.07) is 14.2. The Morgan fingerprint density at radius 2 is 1.53 bits per heavy atom. The molecule has 0 unspecified atom stereocenters. The topological polar surface area (TPSA) is 55.9 Å². The van der Waals surface area contributed by atoms with Gasteiger partial charge in [-0.2, -0.15) is 0 Å². The summed E-state index contributed by atoms with van der Waals surface area (Å²) in [6.45, 7) is 12.4. The number of rotatable bonds is 7. The van der Waals surface area contributed by atoms with Gasteiger partial charge < -0.3 is 15.1 Å². The van der Waals surface area contributed by atoms with Gasteiger partial charge in [-0.3, -0.25) is 9.69 Å². The van der Waals surface area contributed by atoms with Crippen molar-refractivity contribution in [3.8, 4) is 0 Å². The molecule has 0 aliphatic carbocycles. The predicted octanol–water partition coefficient (Wildman–Crippen LogP) is 4.61. The number of amides is 3. The van der Waals surface area contributed by atoms with E-state index in [1.807, 2.05) is 54.8 Å². The molecule has 1 N–H and O–H groups in total. The number of halogens is 1. The lowest BCUT2D eigenvalue weighted by molar-refractivity contribution is -0.140. The third kappa shape index (κ3) is 7.29. The zero-order valence-electron chi connectivity index (χ0n) is 20.8. The Bertz CT molecular complexity index is 946. The third-order valence-corrected chi connectivity index (χ3v) is 6.17. The van der Waals surface area contributed by atoms with Crippen molar-refractivity contribution < 1.29 is 14.0 Å². The van der Waals surface area contributed by atoms with Gasteiger partial charge >= 0.3 is 6.03 Å². The van der Waals surface area contributed by atoms with Gasteiger partial charge in [0.15, 0.2) is 0 Å². The highest BCUT2D eigenvalue weighted by Crippen LogP contribution is 2.20. The summed E-state index contributed by atoms with van der Waals surface area (Å²) in [6.07, 6.45) is 0.971. The molecule has 2 aromatic carbocycles. The van der Waals surface area contributed by atoms with Gasteiger partial charge in [0.2, 0.25) is 5.91 Å². The van der Waals surface area contributed by atoms with E-state index in [9.17, 15) is 14.0 Å². The fourth-order valence-electron chi connectivity index (χ4n) is 4.00. The second kappa shape index (κ2) is 11.5. The monoisotopic (exact) mass is 468 g/mol. The summed E-state index contributed by atoms with van der Waals surface area (Å²) in [5.74, 6) is -0.207. The van der Waals surface area contributed by atoms with Gasteiger partial charge in [-0.1, -0.05) is 52.0 Å². The summed E-state index contributed by atoms with van der Waals surface area (Å²) in [4.78, 5) is 31.6. The lowest BCUT2D eigenvalue weighted by atomic mass is 9.94. The van der Waals surface area contributed by atoms with Crippen LogP contribution < -0.4 is 5.32 Å². The van der Waals surface area contributed by atoms with Crippen LogP contribution in [-0.4, -0.2) is 65.9 Å². The maximum absolute atomic E-state index is 13.3. The van der Waals surface area contributed by atoms with Crippen molar-refractivity contribution in [2.24, 2.45) is 5.41 Å². The minimum Gasteiger partial charge on any atom is -0.337 e. The average molecular weight is 469 g/mol. The number of aryl methyl sites for hydroxylation is 1. The Morgan fingerprint density at radius 3 is 2.09 bits per heavy atom. The van der Waals surface area contributed by atoms with E-state index < -0.39 is 5.41 Å². The lowest BCUT2D eigenvalue weighted by Gasteiger charge is -2.36. The molecule has 1 fully saturated rings. The maximum Gasteiger partial charge on any atom is 0.321 e. The van der Waals surface area contributed by atoms with Gasteiger partial charge in [-0.25, -0.2) is 9.18 Å². The molecule has 3 amide bonds. The SMILES string of the molecule is CCc1ccc(NC(=O)N2CCN(CCN(Cc3ccc(F)cc3)C(=O)C(C)(C)C)CC2)cc1. The van der Waals surface area contributed by atoms with Crippen molar-refractivity contribution in [1.82, 2.24) is 14.7 Å². The van der Waals surface area contributed by atoms with Gasteiger partial charge in [-0.15, -0.1) is 0 Å². The second-order valence-corrected chi connectivity index (χ2v) is 9.91. The molecular weight excluding hydrogens is 431 g/mol. The average Bonchev–Trinajstić information content (AvgIpc) is 2.82. The standard InChI is InChI=1S/C27H37FN4O2/c1-5-21-8-12-24(13-9-21)29-26(34)31-17-14-30(15-18-31)16-19-32(25(33)27(2,3)4)20-22-6-10-23(28)11-7-22/h6-13H,5,14-20H2,1-4H3,(H,29,34). The molecule has 34 heavy (non-hydrogen) atoms. The Labute approximate surface area is 202 Å². The van der Waals surface area contributed by atoms with Crippen LogP contribution in [0, 0.1) is 11.2 Å². The zero-order valence-corrected chi connectivity index (χ0v) is 20.8. The quantitative estimate of drug-likeness (QED) is 0.646. The minimum absolute atomic E-state index is 0.0731. The van der Waals surface area contributed by atoms with Crippen molar-refractivity contribution >= 4 is 17.6 Å². The van der Waals surface area contributed by atoms with Crippen LogP contribution in [0.25, 0.3) is 0 Å². The van der Waals surface area contributed by atoms with Crippen molar-refractivity contribution in [1.29, 1.82) is 0 Å². The van der Waals surface area contributed by atoms with E-state index in [2.05, 4.69) is 17.1 Å². The number of nitrogens with one attached hydrogen (secondary N) is 1. The van der Waals surface area contributed by atoms with Crippen LogP contribution in [0.2, 0.25) is 0 Å². The Balaban J connectivity index is 1.51. The summed E-state index contributed by atoms with van der Waals surface area (Å²) in [7, 11) is 0. The molecule has 1 aliphatic heterocycles. The minimum atomic E-state index is -0.494. The number of piperazine rings is 1. The van der Waals surface area contributed by atoms with Crippen molar-refractivity contribution in [3.05, 3.63) is 65.5 Å². The van der Waals surface area contributed by atoms with Crippen LogP contribution in [0.4, 0.5) is 14.9 Å². The molecule has 0 aromatic heterocycles. The lowest BCUT2D eigenvalue weighted by Crippen LogP contribution is -2.52. The molecule has 1 saturated heterocycles. The number of anilines is 1. The highest BCUT2D eigenvalue weighted by Gasteiger charge is 2.28. The summed E-state index contributed by atoms with van der Waals surface area (Å²) in [5, 5.41) is 2.98.